The van der Waals surface area contributed by atoms with E-state index < -0.39 is 150 Å². The highest BCUT2D eigenvalue weighted by Gasteiger charge is 2.54. The summed E-state index contributed by atoms with van der Waals surface area (Å²) in [6.07, 6.45) is -0.954. The van der Waals surface area contributed by atoms with Crippen LogP contribution < -0.4 is 48.8 Å². The number of benzene rings is 1. The highest BCUT2D eigenvalue weighted by atomic mass is 16.3. The number of carbonyl (C=O) groups excluding carboxylic acids is 12. The predicted molar refractivity (Wildman–Crippen MR) is 259 cm³/mol. The number of rotatable bonds is 18. The molecular formula is C48H73N12O13+. The summed E-state index contributed by atoms with van der Waals surface area (Å²) in [6, 6.07) is -2.29. The van der Waals surface area contributed by atoms with Crippen molar-refractivity contribution < 1.29 is 67.2 Å². The molecule has 0 spiro atoms. The van der Waals surface area contributed by atoms with Crippen molar-refractivity contribution in [3.8, 4) is 5.75 Å². The molecule has 3 fully saturated rings. The number of aromatic hydroxyl groups is 1. The van der Waals surface area contributed by atoms with Gasteiger partial charge in [-0.25, -0.2) is 4.79 Å². The van der Waals surface area contributed by atoms with Crippen LogP contribution in [0.2, 0.25) is 0 Å². The van der Waals surface area contributed by atoms with Crippen molar-refractivity contribution >= 4 is 70.9 Å². The Kier molecular flexibility index (Phi) is 20.8. The van der Waals surface area contributed by atoms with Crippen LogP contribution in [0.4, 0.5) is 0 Å². The Balaban J connectivity index is 1.62. The predicted octanol–water partition coefficient (Wildman–Crippen LogP) is -3.17. The fourth-order valence-electron chi connectivity index (χ4n) is 9.22. The number of nitrogens with zero attached hydrogens (tertiary/aromatic N) is 3. The number of primary amides is 2. The zero-order valence-electron chi connectivity index (χ0n) is 42.6. The topological polar surface area (TPSA) is 368 Å². The van der Waals surface area contributed by atoms with E-state index in [1.54, 1.807) is 13.8 Å². The molecule has 10 atom stereocenters. The minimum absolute atomic E-state index is 0.0163. The van der Waals surface area contributed by atoms with Gasteiger partial charge in [-0.3, -0.25) is 52.7 Å². The maximum absolute atomic E-state index is 14.5. The largest absolute Gasteiger partial charge is 0.508 e. The number of nitrogens with one attached hydrogen (secondary N) is 7. The molecule has 1 saturated carbocycles. The van der Waals surface area contributed by atoms with Gasteiger partial charge < -0.3 is 58.3 Å². The van der Waals surface area contributed by atoms with Gasteiger partial charge in [0.1, 0.15) is 29.9 Å². The van der Waals surface area contributed by atoms with Gasteiger partial charge in [-0.05, 0) is 61.1 Å². The normalized spacial score (nSPS) is 26.2. The van der Waals surface area contributed by atoms with Crippen LogP contribution in [-0.4, -0.2) is 167 Å². The van der Waals surface area contributed by atoms with Gasteiger partial charge in [0.05, 0.1) is 26.6 Å². The van der Waals surface area contributed by atoms with E-state index in [1.165, 1.54) is 45.4 Å². The van der Waals surface area contributed by atoms with Crippen LogP contribution in [0.15, 0.2) is 24.3 Å². The van der Waals surface area contributed by atoms with E-state index in [1.807, 2.05) is 13.8 Å². The van der Waals surface area contributed by atoms with Crippen molar-refractivity contribution in [3.63, 3.8) is 0 Å². The summed E-state index contributed by atoms with van der Waals surface area (Å²) in [5.41, 5.74) is 13.8. The summed E-state index contributed by atoms with van der Waals surface area (Å²) in [6.45, 7) is 6.21. The van der Waals surface area contributed by atoms with Crippen molar-refractivity contribution in [3.05, 3.63) is 29.8 Å². The Bertz CT molecular complexity index is 2280. The van der Waals surface area contributed by atoms with E-state index in [9.17, 15) is 62.6 Å². The summed E-state index contributed by atoms with van der Waals surface area (Å²) in [5.74, 6) is -10.2. The molecule has 1 aliphatic carbocycles. The van der Waals surface area contributed by atoms with E-state index in [4.69, 9.17) is 11.5 Å². The van der Waals surface area contributed by atoms with Crippen molar-refractivity contribution in [2.45, 2.75) is 128 Å². The number of hydrogen-bond donors (Lipinski definition) is 10. The average Bonchev–Trinajstić information content (AvgIpc) is 4.10. The van der Waals surface area contributed by atoms with E-state index in [-0.39, 0.29) is 55.8 Å². The first kappa shape index (κ1) is 58.4. The molecule has 0 radical (unpaired) electrons. The van der Waals surface area contributed by atoms with Crippen LogP contribution in [0, 0.1) is 23.7 Å². The summed E-state index contributed by atoms with van der Waals surface area (Å²) in [5, 5.41) is 25.6. The molecule has 1 aromatic carbocycles. The smallest absolute Gasteiger partial charge is 0.361 e. The minimum Gasteiger partial charge on any atom is -0.508 e. The van der Waals surface area contributed by atoms with E-state index in [0.29, 0.717) is 24.8 Å². The van der Waals surface area contributed by atoms with Crippen molar-refractivity contribution in [2.24, 2.45) is 35.1 Å². The number of hydrogen-bond acceptors (Lipinski definition) is 13. The molecule has 12 amide bonds. The Hall–Kier alpha value is -7.18. The van der Waals surface area contributed by atoms with Gasteiger partial charge >= 0.3 is 5.91 Å². The summed E-state index contributed by atoms with van der Waals surface area (Å²) < 4.78 is -1.13. The first-order chi connectivity index (χ1) is 34.2. The lowest BCUT2D eigenvalue weighted by Crippen LogP contribution is -2.76. The fourth-order valence-corrected chi connectivity index (χ4v) is 9.22. The van der Waals surface area contributed by atoms with Crippen LogP contribution in [0.25, 0.3) is 0 Å². The number of carbonyl (C=O) groups is 12. The van der Waals surface area contributed by atoms with Gasteiger partial charge in [-0.1, -0.05) is 46.2 Å². The summed E-state index contributed by atoms with van der Waals surface area (Å²) in [7, 11) is 3.98. The lowest BCUT2D eigenvalue weighted by Gasteiger charge is -2.42. The van der Waals surface area contributed by atoms with Gasteiger partial charge in [-0.2, -0.15) is 5.43 Å². The third-order valence-corrected chi connectivity index (χ3v) is 13.5. The van der Waals surface area contributed by atoms with Crippen LogP contribution in [-0.2, 0) is 64.0 Å². The Morgan fingerprint density at radius 3 is 2.16 bits per heavy atom. The van der Waals surface area contributed by atoms with Crippen LogP contribution >= 0.6 is 0 Å². The van der Waals surface area contributed by atoms with E-state index >= 15 is 0 Å². The molecule has 3 aliphatic rings. The lowest BCUT2D eigenvalue weighted by atomic mass is 9.95. The van der Waals surface area contributed by atoms with Crippen molar-refractivity contribution in [1.29, 1.82) is 0 Å². The van der Waals surface area contributed by atoms with Gasteiger partial charge in [-0.15, -0.1) is 4.59 Å². The second-order valence-corrected chi connectivity index (χ2v) is 19.9. The van der Waals surface area contributed by atoms with Crippen LogP contribution in [0.1, 0.15) is 91.0 Å². The zero-order valence-corrected chi connectivity index (χ0v) is 42.6. The molecule has 2 bridgehead atoms. The highest BCUT2D eigenvalue weighted by molar-refractivity contribution is 5.98. The van der Waals surface area contributed by atoms with Gasteiger partial charge in [0, 0.05) is 52.2 Å². The Labute approximate surface area is 423 Å². The fraction of sp³-hybridized carbons (Fsp3) is 0.625. The standard InChI is InChI=1S/C48H72N12O13/c1-8-26(4)41-45(70)54-31(13-15-36(49)62)43(68)56-34-22-39(65)57-60(7,48(34)73)35(14-16-38(64)52-23-40(66)53-33(47(72)59(41)6)20-27-9-11-29(61)12-10-27)44(69)51-18-17-28-21-30(28)42(67)55-32(19-25(2)3)46(71)58(5)24-37(50)63/h9-12,25-26,28,30-35,41H,8,13-24H2,1-7H3,(H11-,49,50,51,52,53,54,55,56,57,61,62,63,64,65,66,67,68,69,70)/p+1/t26?,28?,30?,31-,32-,33-,34-,35-,41?,60?/m0/s1. The molecule has 0 aromatic heterocycles. The van der Waals surface area contributed by atoms with Crippen LogP contribution in [0.5, 0.6) is 5.75 Å². The molecule has 2 heterocycles. The average molecular weight is 1030 g/mol. The number of nitrogens with two attached hydrogens (primary N) is 2. The summed E-state index contributed by atoms with van der Waals surface area (Å²) >= 11 is 0. The monoisotopic (exact) mass is 1030 g/mol. The summed E-state index contributed by atoms with van der Waals surface area (Å²) in [4.78, 5) is 164. The minimum atomic E-state index is -1.60. The SMILES string of the molecule is CCC(C)C1C(=O)N[C@@H](CCC(N)=O)C(=O)N[C@H]2CC(=O)N[N+](C)(C2=O)[C@H](C(=O)NCCC2CC2C(=O)N[C@@H](CC(C)C)C(=O)N(C)CC(N)=O)CCC(=O)NCC(=O)N[C@@H](Cc2ccc(O)cc2)C(=O)N1C. The molecule has 25 nitrogen and oxygen atoms in total. The van der Waals surface area contributed by atoms with Crippen molar-refractivity contribution in [2.75, 3.05) is 40.8 Å². The number of phenols is 1. The molecule has 1 aromatic rings. The van der Waals surface area contributed by atoms with E-state index in [0.717, 1.165) is 9.80 Å². The molecule has 5 unspecified atom stereocenters. The van der Waals surface area contributed by atoms with Gasteiger partial charge in [0.2, 0.25) is 53.2 Å². The Morgan fingerprint density at radius 1 is 0.877 bits per heavy atom. The number of amides is 12. The molecule has 12 N–H and O–H groups in total. The lowest BCUT2D eigenvalue weighted by molar-refractivity contribution is -0.889. The number of phenolic OH excluding ortho intramolecular Hbond substituents is 1. The highest BCUT2D eigenvalue weighted by Crippen LogP contribution is 2.41. The second-order valence-electron chi connectivity index (χ2n) is 19.9. The quantitative estimate of drug-likeness (QED) is 0.0650. The molecule has 4 rings (SSSR count). The zero-order chi connectivity index (χ0) is 54.5. The second kappa shape index (κ2) is 26.0. The van der Waals surface area contributed by atoms with Gasteiger partial charge in [0.15, 0.2) is 12.1 Å². The maximum atomic E-state index is 14.5. The first-order valence-electron chi connectivity index (χ1n) is 24.6. The Morgan fingerprint density at radius 2 is 1.55 bits per heavy atom. The molecule has 2 saturated heterocycles. The third kappa shape index (κ3) is 16.4. The molecule has 73 heavy (non-hydrogen) atoms. The maximum Gasteiger partial charge on any atom is 0.361 e. The number of likely N-dealkylation sites (N-methyl/N-ethyl adjacent to an activating group) is 3. The third-order valence-electron chi connectivity index (χ3n) is 13.5. The van der Waals surface area contributed by atoms with Crippen molar-refractivity contribution in [1.82, 2.24) is 47.1 Å². The molecule has 2 aliphatic heterocycles. The van der Waals surface area contributed by atoms with Crippen LogP contribution in [0.3, 0.4) is 0 Å². The molecule has 402 valence electrons. The number of fused-ring (bicyclic) bond motifs is 2. The van der Waals surface area contributed by atoms with E-state index in [2.05, 4.69) is 37.3 Å². The first-order valence-corrected chi connectivity index (χ1v) is 24.6. The molecular weight excluding hydrogens is 953 g/mol. The number of quaternary nitrogens is 1. The van der Waals surface area contributed by atoms with Gasteiger partial charge in [0.25, 0.3) is 11.8 Å². The molecule has 25 heteroatoms.